The van der Waals surface area contributed by atoms with Gasteiger partial charge in [0.2, 0.25) is 5.91 Å². The van der Waals surface area contributed by atoms with Gasteiger partial charge < -0.3 is 15.8 Å². The molecule has 0 aliphatic carbocycles. The van der Waals surface area contributed by atoms with Crippen molar-refractivity contribution in [3.8, 4) is 0 Å². The summed E-state index contributed by atoms with van der Waals surface area (Å²) in [5.41, 5.74) is 5.55. The number of carbonyl (C=O) groups excluding carboxylic acids is 2. The molecule has 1 amide bonds. The summed E-state index contributed by atoms with van der Waals surface area (Å²) in [6.07, 6.45) is 0.916. The van der Waals surface area contributed by atoms with Gasteiger partial charge in [-0.25, -0.2) is 0 Å². The Labute approximate surface area is 103 Å². The lowest BCUT2D eigenvalue weighted by molar-refractivity contribution is -0.151. The van der Waals surface area contributed by atoms with Gasteiger partial charge in [-0.1, -0.05) is 6.92 Å². The lowest BCUT2D eigenvalue weighted by atomic mass is 10.1. The molecule has 2 unspecified atom stereocenters. The molecule has 0 aromatic carbocycles. The highest BCUT2D eigenvalue weighted by Gasteiger charge is 2.16. The van der Waals surface area contributed by atoms with Crippen LogP contribution in [0.3, 0.4) is 0 Å². The second-order valence-corrected chi connectivity index (χ2v) is 4.71. The van der Waals surface area contributed by atoms with Crippen LogP contribution in [-0.2, 0) is 14.3 Å². The van der Waals surface area contributed by atoms with E-state index in [-0.39, 0.29) is 29.9 Å². The van der Waals surface area contributed by atoms with Crippen LogP contribution in [0.4, 0.5) is 0 Å². The van der Waals surface area contributed by atoms with E-state index in [9.17, 15) is 9.59 Å². The van der Waals surface area contributed by atoms with Crippen molar-refractivity contribution in [2.24, 2.45) is 11.7 Å². The first-order valence-electron chi connectivity index (χ1n) is 6.05. The summed E-state index contributed by atoms with van der Waals surface area (Å²) in [6, 6.07) is 0.0177. The number of esters is 1. The molecular formula is C12H24N2O3. The second kappa shape index (κ2) is 8.06. The van der Waals surface area contributed by atoms with Gasteiger partial charge in [0.1, 0.15) is 0 Å². The third-order valence-corrected chi connectivity index (χ3v) is 2.19. The molecule has 0 rings (SSSR count). The molecular weight excluding hydrogens is 220 g/mol. The average molecular weight is 244 g/mol. The fourth-order valence-corrected chi connectivity index (χ4v) is 1.15. The Kier molecular flexibility index (Phi) is 7.54. The van der Waals surface area contributed by atoms with E-state index in [1.54, 1.807) is 20.8 Å². The van der Waals surface area contributed by atoms with Gasteiger partial charge in [0.15, 0.2) is 0 Å². The van der Waals surface area contributed by atoms with E-state index < -0.39 is 0 Å². The number of amides is 1. The van der Waals surface area contributed by atoms with Gasteiger partial charge in [-0.3, -0.25) is 9.59 Å². The highest BCUT2D eigenvalue weighted by atomic mass is 16.5. The summed E-state index contributed by atoms with van der Waals surface area (Å²) in [5.74, 6) is -0.685. The minimum atomic E-state index is -0.323. The highest BCUT2D eigenvalue weighted by molar-refractivity contribution is 5.77. The number of hydrogen-bond donors (Lipinski definition) is 2. The molecule has 0 aromatic heterocycles. The Balaban J connectivity index is 3.79. The van der Waals surface area contributed by atoms with Gasteiger partial charge in [-0.15, -0.1) is 0 Å². The molecule has 0 aromatic rings. The number of carbonyl (C=O) groups is 2. The van der Waals surface area contributed by atoms with Gasteiger partial charge in [0, 0.05) is 19.0 Å². The topological polar surface area (TPSA) is 81.4 Å². The molecule has 0 fully saturated rings. The molecule has 0 spiro atoms. The summed E-state index contributed by atoms with van der Waals surface area (Å²) in [5, 5.41) is 2.70. The molecule has 17 heavy (non-hydrogen) atoms. The third-order valence-electron chi connectivity index (χ3n) is 2.19. The molecule has 0 saturated carbocycles. The lowest BCUT2D eigenvalue weighted by Gasteiger charge is -2.14. The Morgan fingerprint density at radius 3 is 2.29 bits per heavy atom. The van der Waals surface area contributed by atoms with E-state index in [2.05, 4.69) is 5.32 Å². The summed E-state index contributed by atoms with van der Waals surface area (Å²) < 4.78 is 5.03. The minimum absolute atomic E-state index is 0.0177. The van der Waals surface area contributed by atoms with Crippen LogP contribution in [0.15, 0.2) is 0 Å². The number of nitrogens with one attached hydrogen (secondary N) is 1. The number of hydrogen-bond acceptors (Lipinski definition) is 4. The predicted molar refractivity (Wildman–Crippen MR) is 66.3 cm³/mol. The second-order valence-electron chi connectivity index (χ2n) is 4.71. The number of rotatable bonds is 7. The first kappa shape index (κ1) is 15.9. The van der Waals surface area contributed by atoms with E-state index in [0.717, 1.165) is 0 Å². The summed E-state index contributed by atoms with van der Waals surface area (Å²) in [7, 11) is 0. The Morgan fingerprint density at radius 2 is 1.82 bits per heavy atom. The van der Waals surface area contributed by atoms with Crippen molar-refractivity contribution in [2.45, 2.75) is 52.7 Å². The smallest absolute Gasteiger partial charge is 0.310 e. The van der Waals surface area contributed by atoms with Crippen molar-refractivity contribution >= 4 is 11.9 Å². The molecule has 5 nitrogen and oxygen atoms in total. The zero-order valence-corrected chi connectivity index (χ0v) is 11.2. The monoisotopic (exact) mass is 244 g/mol. The van der Waals surface area contributed by atoms with Crippen molar-refractivity contribution in [2.75, 3.05) is 6.54 Å². The van der Waals surface area contributed by atoms with Crippen molar-refractivity contribution < 1.29 is 14.3 Å². The quantitative estimate of drug-likeness (QED) is 0.650. The minimum Gasteiger partial charge on any atom is -0.463 e. The molecule has 0 radical (unpaired) electrons. The van der Waals surface area contributed by atoms with Gasteiger partial charge in [-0.2, -0.15) is 0 Å². The molecule has 0 aliphatic rings. The lowest BCUT2D eigenvalue weighted by Crippen LogP contribution is -2.33. The average Bonchev–Trinajstić information content (AvgIpc) is 2.21. The fraction of sp³-hybridized carbons (Fsp3) is 0.833. The number of nitrogens with two attached hydrogens (primary N) is 1. The van der Waals surface area contributed by atoms with Crippen LogP contribution in [-0.4, -0.2) is 30.6 Å². The summed E-state index contributed by atoms with van der Waals surface area (Å²) >= 11 is 0. The maximum Gasteiger partial charge on any atom is 0.310 e. The predicted octanol–water partition coefficient (Wildman–Crippen LogP) is 0.818. The Bertz CT molecular complexity index is 252. The van der Waals surface area contributed by atoms with Gasteiger partial charge >= 0.3 is 5.97 Å². The highest BCUT2D eigenvalue weighted by Crippen LogP contribution is 2.01. The Morgan fingerprint density at radius 1 is 1.24 bits per heavy atom. The van der Waals surface area contributed by atoms with Crippen molar-refractivity contribution in [1.82, 2.24) is 5.32 Å². The van der Waals surface area contributed by atoms with E-state index in [0.29, 0.717) is 19.4 Å². The van der Waals surface area contributed by atoms with Crippen LogP contribution >= 0.6 is 0 Å². The normalized spacial score (nSPS) is 14.2. The van der Waals surface area contributed by atoms with E-state index in [1.165, 1.54) is 0 Å². The largest absolute Gasteiger partial charge is 0.463 e. The standard InChI is InChI=1S/C12H24N2O3/c1-8(2)17-12(16)9(3)7-14-11(15)6-5-10(4)13/h8-10H,5-7,13H2,1-4H3,(H,14,15). The van der Waals surface area contributed by atoms with Crippen LogP contribution in [0.2, 0.25) is 0 Å². The zero-order valence-electron chi connectivity index (χ0n) is 11.2. The van der Waals surface area contributed by atoms with E-state index >= 15 is 0 Å². The molecule has 0 saturated heterocycles. The van der Waals surface area contributed by atoms with Crippen LogP contribution in [0.25, 0.3) is 0 Å². The van der Waals surface area contributed by atoms with Crippen LogP contribution in [0, 0.1) is 5.92 Å². The fourth-order valence-electron chi connectivity index (χ4n) is 1.15. The van der Waals surface area contributed by atoms with E-state index in [1.807, 2.05) is 6.92 Å². The molecule has 100 valence electrons. The molecule has 0 heterocycles. The molecule has 5 heteroatoms. The maximum absolute atomic E-state index is 11.4. The van der Waals surface area contributed by atoms with Crippen molar-refractivity contribution in [1.29, 1.82) is 0 Å². The van der Waals surface area contributed by atoms with Crippen LogP contribution in [0.1, 0.15) is 40.5 Å². The molecule has 0 aliphatic heterocycles. The Hall–Kier alpha value is -1.10. The first-order valence-corrected chi connectivity index (χ1v) is 6.05. The third kappa shape index (κ3) is 8.68. The summed E-state index contributed by atoms with van der Waals surface area (Å²) in [4.78, 5) is 22.8. The first-order chi connectivity index (χ1) is 7.82. The van der Waals surface area contributed by atoms with Crippen LogP contribution in [0.5, 0.6) is 0 Å². The van der Waals surface area contributed by atoms with Crippen molar-refractivity contribution in [3.05, 3.63) is 0 Å². The molecule has 2 atom stereocenters. The maximum atomic E-state index is 11.4. The zero-order chi connectivity index (χ0) is 13.4. The van der Waals surface area contributed by atoms with Gasteiger partial charge in [0.25, 0.3) is 0 Å². The molecule has 3 N–H and O–H groups in total. The van der Waals surface area contributed by atoms with Crippen LogP contribution < -0.4 is 11.1 Å². The SMILES string of the molecule is CC(N)CCC(=O)NCC(C)C(=O)OC(C)C. The number of ether oxygens (including phenoxy) is 1. The van der Waals surface area contributed by atoms with E-state index in [4.69, 9.17) is 10.5 Å². The molecule has 0 bridgehead atoms. The van der Waals surface area contributed by atoms with Gasteiger partial charge in [-0.05, 0) is 27.2 Å². The van der Waals surface area contributed by atoms with Crippen molar-refractivity contribution in [3.63, 3.8) is 0 Å². The van der Waals surface area contributed by atoms with Gasteiger partial charge in [0.05, 0.1) is 12.0 Å². The summed E-state index contributed by atoms with van der Waals surface area (Å²) in [6.45, 7) is 7.49.